The predicted octanol–water partition coefficient (Wildman–Crippen LogP) is 2.56. The molecule has 0 aliphatic heterocycles. The summed E-state index contributed by atoms with van der Waals surface area (Å²) >= 11 is 0. The molecule has 1 aromatic heterocycles. The van der Waals surface area contributed by atoms with Crippen LogP contribution in [-0.4, -0.2) is 14.8 Å². The number of anilines is 1. The third kappa shape index (κ3) is 3.17. The standard InChI is InChI=1S/C12H13N2O3P/c1-9-5-6-12(14-18(15,16)17)10(8-9)11-4-2-3-7-13-11/h2-8H,1H3,(H3,14,15,16,17). The van der Waals surface area contributed by atoms with Crippen LogP contribution in [0.4, 0.5) is 5.69 Å². The molecule has 0 bridgehead atoms. The summed E-state index contributed by atoms with van der Waals surface area (Å²) in [6.45, 7) is 1.91. The van der Waals surface area contributed by atoms with Crippen LogP contribution in [-0.2, 0) is 4.57 Å². The van der Waals surface area contributed by atoms with Crippen LogP contribution in [0.5, 0.6) is 0 Å². The van der Waals surface area contributed by atoms with Crippen LogP contribution < -0.4 is 5.09 Å². The molecule has 0 saturated heterocycles. The maximum atomic E-state index is 11.0. The van der Waals surface area contributed by atoms with Crippen LogP contribution >= 0.6 is 7.75 Å². The van der Waals surface area contributed by atoms with Crippen molar-refractivity contribution in [3.63, 3.8) is 0 Å². The molecule has 0 amide bonds. The fourth-order valence-corrected chi connectivity index (χ4v) is 2.16. The minimum Gasteiger partial charge on any atom is -0.308 e. The summed E-state index contributed by atoms with van der Waals surface area (Å²) in [5.41, 5.74) is 2.69. The van der Waals surface area contributed by atoms with E-state index in [1.807, 2.05) is 19.1 Å². The summed E-state index contributed by atoms with van der Waals surface area (Å²) in [7, 11) is -4.33. The normalized spacial score (nSPS) is 11.3. The number of aryl methyl sites for hydroxylation is 1. The lowest BCUT2D eigenvalue weighted by atomic mass is 10.1. The second-order valence-electron chi connectivity index (χ2n) is 3.92. The maximum Gasteiger partial charge on any atom is 0.427 e. The number of hydrogen-bond donors (Lipinski definition) is 3. The van der Waals surface area contributed by atoms with Gasteiger partial charge >= 0.3 is 7.75 Å². The first-order chi connectivity index (χ1) is 8.46. The van der Waals surface area contributed by atoms with E-state index in [-0.39, 0.29) is 0 Å². The Kier molecular flexibility index (Phi) is 3.48. The van der Waals surface area contributed by atoms with Gasteiger partial charge in [0, 0.05) is 11.8 Å². The molecule has 0 radical (unpaired) electrons. The number of nitrogens with one attached hydrogen (secondary N) is 1. The minimum absolute atomic E-state index is 0.368. The van der Waals surface area contributed by atoms with Gasteiger partial charge in [-0.05, 0) is 31.2 Å². The average molecular weight is 264 g/mol. The molecule has 6 heteroatoms. The first-order valence-corrected chi connectivity index (χ1v) is 6.93. The number of benzene rings is 1. The quantitative estimate of drug-likeness (QED) is 0.742. The zero-order chi connectivity index (χ0) is 13.2. The highest BCUT2D eigenvalue weighted by molar-refractivity contribution is 7.53. The van der Waals surface area contributed by atoms with Crippen LogP contribution in [0.2, 0.25) is 0 Å². The van der Waals surface area contributed by atoms with E-state index >= 15 is 0 Å². The molecule has 2 rings (SSSR count). The molecule has 0 spiro atoms. The number of hydrogen-bond acceptors (Lipinski definition) is 2. The van der Waals surface area contributed by atoms with Gasteiger partial charge in [-0.1, -0.05) is 17.7 Å². The molecule has 0 aliphatic rings. The summed E-state index contributed by atoms with van der Waals surface area (Å²) in [6.07, 6.45) is 1.64. The second kappa shape index (κ2) is 4.90. The van der Waals surface area contributed by atoms with Gasteiger partial charge in [-0.15, -0.1) is 0 Å². The van der Waals surface area contributed by atoms with Gasteiger partial charge in [0.2, 0.25) is 0 Å². The van der Waals surface area contributed by atoms with Crippen molar-refractivity contribution < 1.29 is 14.4 Å². The zero-order valence-corrected chi connectivity index (χ0v) is 10.6. The van der Waals surface area contributed by atoms with Crippen molar-refractivity contribution in [3.8, 4) is 11.3 Å². The van der Waals surface area contributed by atoms with Gasteiger partial charge in [0.05, 0.1) is 11.4 Å². The monoisotopic (exact) mass is 264 g/mol. The fraction of sp³-hybridized carbons (Fsp3) is 0.0833. The Morgan fingerprint density at radius 3 is 2.61 bits per heavy atom. The lowest BCUT2D eigenvalue weighted by molar-refractivity contribution is 0.380. The largest absolute Gasteiger partial charge is 0.427 e. The van der Waals surface area contributed by atoms with E-state index in [1.165, 1.54) is 0 Å². The molecule has 0 fully saturated rings. The molecule has 0 atom stereocenters. The first-order valence-electron chi connectivity index (χ1n) is 5.31. The third-order valence-corrected chi connectivity index (χ3v) is 2.91. The van der Waals surface area contributed by atoms with Gasteiger partial charge in [0.1, 0.15) is 0 Å². The van der Waals surface area contributed by atoms with E-state index < -0.39 is 7.75 Å². The first kappa shape index (κ1) is 12.8. The number of nitrogens with zero attached hydrogens (tertiary/aromatic N) is 1. The molecule has 0 saturated carbocycles. The Morgan fingerprint density at radius 2 is 2.00 bits per heavy atom. The van der Waals surface area contributed by atoms with E-state index in [0.717, 1.165) is 5.56 Å². The SMILES string of the molecule is Cc1ccc(NP(=O)(O)O)c(-c2ccccn2)c1. The van der Waals surface area contributed by atoms with Gasteiger partial charge in [-0.2, -0.15) is 0 Å². The topological polar surface area (TPSA) is 82.5 Å². The van der Waals surface area contributed by atoms with E-state index in [0.29, 0.717) is 16.9 Å². The van der Waals surface area contributed by atoms with E-state index in [4.69, 9.17) is 9.79 Å². The van der Waals surface area contributed by atoms with E-state index in [1.54, 1.807) is 30.5 Å². The number of rotatable bonds is 3. The Bertz CT molecular complexity index is 596. The molecular weight excluding hydrogens is 251 g/mol. The highest BCUT2D eigenvalue weighted by Gasteiger charge is 2.16. The van der Waals surface area contributed by atoms with Crippen molar-refractivity contribution in [3.05, 3.63) is 48.2 Å². The lowest BCUT2D eigenvalue weighted by Crippen LogP contribution is -1.98. The van der Waals surface area contributed by atoms with Crippen LogP contribution in [0.1, 0.15) is 5.56 Å². The average Bonchev–Trinajstić information content (AvgIpc) is 2.31. The van der Waals surface area contributed by atoms with Gasteiger partial charge in [0.15, 0.2) is 0 Å². The van der Waals surface area contributed by atoms with E-state index in [9.17, 15) is 4.57 Å². The minimum atomic E-state index is -4.33. The Hall–Kier alpha value is -1.68. The molecule has 2 aromatic rings. The van der Waals surface area contributed by atoms with Crippen molar-refractivity contribution in [2.45, 2.75) is 6.92 Å². The molecule has 1 aromatic carbocycles. The molecule has 0 aliphatic carbocycles. The van der Waals surface area contributed by atoms with Crippen molar-refractivity contribution in [2.24, 2.45) is 0 Å². The van der Waals surface area contributed by atoms with Crippen LogP contribution in [0.15, 0.2) is 42.6 Å². The van der Waals surface area contributed by atoms with Crippen LogP contribution in [0.25, 0.3) is 11.3 Å². The molecule has 5 nitrogen and oxygen atoms in total. The molecule has 1 heterocycles. The Balaban J connectivity index is 2.51. The van der Waals surface area contributed by atoms with Gasteiger partial charge in [0.25, 0.3) is 0 Å². The smallest absolute Gasteiger partial charge is 0.308 e. The molecule has 18 heavy (non-hydrogen) atoms. The lowest BCUT2D eigenvalue weighted by Gasteiger charge is -2.13. The van der Waals surface area contributed by atoms with Gasteiger partial charge in [-0.3, -0.25) is 10.1 Å². The summed E-state index contributed by atoms with van der Waals surface area (Å²) in [4.78, 5) is 22.2. The molecule has 94 valence electrons. The number of aromatic nitrogens is 1. The van der Waals surface area contributed by atoms with Gasteiger partial charge in [-0.25, -0.2) is 4.57 Å². The molecule has 3 N–H and O–H groups in total. The summed E-state index contributed by atoms with van der Waals surface area (Å²) < 4.78 is 11.0. The number of pyridine rings is 1. The van der Waals surface area contributed by atoms with Crippen molar-refractivity contribution in [1.82, 2.24) is 4.98 Å². The maximum absolute atomic E-state index is 11.0. The fourth-order valence-electron chi connectivity index (χ4n) is 1.65. The van der Waals surface area contributed by atoms with Crippen molar-refractivity contribution in [2.75, 3.05) is 5.09 Å². The van der Waals surface area contributed by atoms with Crippen LogP contribution in [0, 0.1) is 6.92 Å². The Labute approximate surface area is 105 Å². The van der Waals surface area contributed by atoms with Gasteiger partial charge < -0.3 is 9.79 Å². The van der Waals surface area contributed by atoms with Crippen molar-refractivity contribution in [1.29, 1.82) is 0 Å². The van der Waals surface area contributed by atoms with Crippen molar-refractivity contribution >= 4 is 13.4 Å². The van der Waals surface area contributed by atoms with E-state index in [2.05, 4.69) is 10.1 Å². The highest BCUT2D eigenvalue weighted by atomic mass is 31.2. The third-order valence-electron chi connectivity index (χ3n) is 2.38. The summed E-state index contributed by atoms with van der Waals surface area (Å²) in [6, 6.07) is 10.7. The highest BCUT2D eigenvalue weighted by Crippen LogP contribution is 2.39. The molecular formula is C12H13N2O3P. The summed E-state index contributed by atoms with van der Waals surface area (Å²) in [5.74, 6) is 0. The van der Waals surface area contributed by atoms with Crippen LogP contribution in [0.3, 0.4) is 0 Å². The summed E-state index contributed by atoms with van der Waals surface area (Å²) in [5, 5.41) is 2.20. The predicted molar refractivity (Wildman–Crippen MR) is 70.1 cm³/mol. The molecule has 0 unspecified atom stereocenters. The zero-order valence-electron chi connectivity index (χ0n) is 9.74. The Morgan fingerprint density at radius 1 is 1.22 bits per heavy atom. The second-order valence-corrected chi connectivity index (χ2v) is 5.23.